The van der Waals surface area contributed by atoms with Gasteiger partial charge in [-0.05, 0) is 25.5 Å². The molecular weight excluding hydrogens is 280 g/mol. The summed E-state index contributed by atoms with van der Waals surface area (Å²) in [5.41, 5.74) is 11.6. The van der Waals surface area contributed by atoms with E-state index in [-0.39, 0.29) is 0 Å². The van der Waals surface area contributed by atoms with Crippen LogP contribution in [0.4, 0.5) is 0 Å². The molecule has 109 valence electrons. The van der Waals surface area contributed by atoms with Gasteiger partial charge in [-0.3, -0.25) is 4.79 Å². The predicted molar refractivity (Wildman–Crippen MR) is 76.9 cm³/mol. The summed E-state index contributed by atoms with van der Waals surface area (Å²) in [6.07, 6.45) is 0.898. The van der Waals surface area contributed by atoms with Gasteiger partial charge >= 0.3 is 6.47 Å². The lowest BCUT2D eigenvalue weighted by atomic mass is 9.97. The molecule has 5 nitrogen and oxygen atoms in total. The van der Waals surface area contributed by atoms with Crippen LogP contribution in [0, 0.1) is 0 Å². The minimum atomic E-state index is -1.12. The van der Waals surface area contributed by atoms with E-state index in [1.807, 2.05) is 0 Å². The van der Waals surface area contributed by atoms with Gasteiger partial charge in [0, 0.05) is 10.6 Å². The molecule has 1 rings (SSSR count). The van der Waals surface area contributed by atoms with Crippen LogP contribution in [-0.4, -0.2) is 24.8 Å². The zero-order valence-electron chi connectivity index (χ0n) is 11.0. The van der Waals surface area contributed by atoms with Gasteiger partial charge in [0.25, 0.3) is 0 Å². The van der Waals surface area contributed by atoms with Gasteiger partial charge in [-0.15, -0.1) is 0 Å². The third-order valence-corrected chi connectivity index (χ3v) is 3.29. The van der Waals surface area contributed by atoms with E-state index >= 15 is 0 Å². The second-order valence-corrected chi connectivity index (χ2v) is 4.80. The monoisotopic (exact) mass is 297 g/mol. The number of ketones is 1. The molecule has 0 saturated carbocycles. The standard InChI is InChI=1S/C14H18ClN2O3/c15-11-6-2-1-5-10(11)14(20-9-18)13(19)12(17)7-3-4-8-16/h1-2,5-6,12,14H,3-4,7-8,16-17H2/t12-,14?/m0/s1. The molecule has 0 aliphatic rings. The van der Waals surface area contributed by atoms with Gasteiger partial charge in [0.15, 0.2) is 11.9 Å². The number of benzene rings is 1. The smallest absolute Gasteiger partial charge is 0.418 e. The van der Waals surface area contributed by atoms with Crippen LogP contribution in [-0.2, 0) is 14.3 Å². The van der Waals surface area contributed by atoms with E-state index in [9.17, 15) is 9.59 Å². The van der Waals surface area contributed by atoms with Gasteiger partial charge in [0.2, 0.25) is 0 Å². The van der Waals surface area contributed by atoms with Gasteiger partial charge in [-0.2, -0.15) is 0 Å². The second kappa shape index (κ2) is 8.68. The van der Waals surface area contributed by atoms with Crippen molar-refractivity contribution in [2.45, 2.75) is 31.4 Å². The Kier molecular flexibility index (Phi) is 7.22. The van der Waals surface area contributed by atoms with E-state index in [0.29, 0.717) is 23.6 Å². The highest BCUT2D eigenvalue weighted by Gasteiger charge is 2.28. The van der Waals surface area contributed by atoms with Crippen molar-refractivity contribution in [3.05, 3.63) is 34.9 Å². The molecule has 0 bridgehead atoms. The molecule has 4 N–H and O–H groups in total. The summed E-state index contributed by atoms with van der Waals surface area (Å²) < 4.78 is 4.75. The number of carbonyl (C=O) groups excluding carboxylic acids is 2. The number of hydrogen-bond donors (Lipinski definition) is 2. The summed E-state index contributed by atoms with van der Waals surface area (Å²) in [6, 6.07) is 5.94. The maximum absolute atomic E-state index is 12.3. The molecular formula is C14H18ClN2O3. The second-order valence-electron chi connectivity index (χ2n) is 4.40. The Bertz CT molecular complexity index is 454. The molecule has 0 fully saturated rings. The summed E-state index contributed by atoms with van der Waals surface area (Å²) >= 11 is 6.01. The molecule has 0 spiro atoms. The zero-order chi connectivity index (χ0) is 15.0. The largest absolute Gasteiger partial charge is 0.441 e. The van der Waals surface area contributed by atoms with Crippen molar-refractivity contribution >= 4 is 23.9 Å². The molecule has 0 aromatic heterocycles. The molecule has 1 aromatic carbocycles. The highest BCUT2D eigenvalue weighted by molar-refractivity contribution is 6.31. The quantitative estimate of drug-likeness (QED) is 0.673. The third kappa shape index (κ3) is 4.59. The lowest BCUT2D eigenvalue weighted by molar-refractivity contribution is -0.128. The molecule has 0 aliphatic carbocycles. The molecule has 1 unspecified atom stereocenters. The summed E-state index contributed by atoms with van der Waals surface area (Å²) in [5, 5.41) is 0.343. The summed E-state index contributed by atoms with van der Waals surface area (Å²) in [4.78, 5) is 22.7. The van der Waals surface area contributed by atoms with E-state index in [2.05, 4.69) is 0 Å². The highest BCUT2D eigenvalue weighted by Crippen LogP contribution is 2.27. The van der Waals surface area contributed by atoms with Crippen LogP contribution >= 0.6 is 11.6 Å². The fourth-order valence-electron chi connectivity index (χ4n) is 1.86. The first-order valence-electron chi connectivity index (χ1n) is 6.38. The van der Waals surface area contributed by atoms with Crippen molar-refractivity contribution in [1.82, 2.24) is 0 Å². The number of nitrogens with two attached hydrogens (primary N) is 2. The molecule has 1 radical (unpaired) electrons. The minimum absolute atomic E-state index is 0.343. The van der Waals surface area contributed by atoms with Crippen molar-refractivity contribution < 1.29 is 14.3 Å². The highest BCUT2D eigenvalue weighted by atomic mass is 35.5. The number of ether oxygens (including phenoxy) is 1. The van der Waals surface area contributed by atoms with E-state index in [1.165, 1.54) is 6.47 Å². The van der Waals surface area contributed by atoms with Gasteiger partial charge < -0.3 is 16.2 Å². The number of Topliss-reactive ketones (excluding diaryl/α,β-unsaturated/α-hetero) is 1. The molecule has 0 saturated heterocycles. The third-order valence-electron chi connectivity index (χ3n) is 2.95. The van der Waals surface area contributed by atoms with Crippen LogP contribution in [0.5, 0.6) is 0 Å². The first-order valence-corrected chi connectivity index (χ1v) is 6.76. The van der Waals surface area contributed by atoms with Gasteiger partial charge in [0.05, 0.1) is 6.04 Å². The van der Waals surface area contributed by atoms with Crippen LogP contribution in [0.3, 0.4) is 0 Å². The predicted octanol–water partition coefficient (Wildman–Crippen LogP) is 1.49. The van der Waals surface area contributed by atoms with Crippen molar-refractivity contribution in [2.24, 2.45) is 11.5 Å². The molecule has 20 heavy (non-hydrogen) atoms. The van der Waals surface area contributed by atoms with Crippen LogP contribution in [0.2, 0.25) is 5.02 Å². The van der Waals surface area contributed by atoms with Crippen molar-refractivity contribution in [3.8, 4) is 0 Å². The Labute approximate surface area is 123 Å². The van der Waals surface area contributed by atoms with E-state index in [0.717, 1.165) is 12.8 Å². The Morgan fingerprint density at radius 1 is 1.35 bits per heavy atom. The maximum atomic E-state index is 12.3. The fourth-order valence-corrected chi connectivity index (χ4v) is 2.09. The maximum Gasteiger partial charge on any atom is 0.418 e. The molecule has 1 aromatic rings. The summed E-state index contributed by atoms with van der Waals surface area (Å²) in [7, 11) is 0. The first kappa shape index (κ1) is 16.6. The Morgan fingerprint density at radius 3 is 2.65 bits per heavy atom. The van der Waals surface area contributed by atoms with Crippen molar-refractivity contribution in [2.75, 3.05) is 6.54 Å². The normalized spacial score (nSPS) is 13.6. The molecule has 2 atom stereocenters. The van der Waals surface area contributed by atoms with Crippen molar-refractivity contribution in [3.63, 3.8) is 0 Å². The Morgan fingerprint density at radius 2 is 2.05 bits per heavy atom. The SMILES string of the molecule is NCCCC[C@H](N)C(=O)C(O[C]=O)c1ccccc1Cl. The molecule has 6 heteroatoms. The van der Waals surface area contributed by atoms with E-state index in [1.54, 1.807) is 24.3 Å². The summed E-state index contributed by atoms with van der Waals surface area (Å²) in [5.74, 6) is -0.390. The lowest BCUT2D eigenvalue weighted by Gasteiger charge is -2.19. The summed E-state index contributed by atoms with van der Waals surface area (Å²) in [6.45, 7) is 1.84. The minimum Gasteiger partial charge on any atom is -0.441 e. The number of halogens is 1. The van der Waals surface area contributed by atoms with Gasteiger partial charge in [0.1, 0.15) is 0 Å². The fraction of sp³-hybridized carbons (Fsp3) is 0.429. The number of rotatable bonds is 9. The van der Waals surface area contributed by atoms with Crippen molar-refractivity contribution in [1.29, 1.82) is 0 Å². The van der Waals surface area contributed by atoms with Crippen LogP contribution in [0.15, 0.2) is 24.3 Å². The number of hydrogen-bond acceptors (Lipinski definition) is 5. The average Bonchev–Trinajstić information content (AvgIpc) is 2.45. The molecule has 0 amide bonds. The number of unbranched alkanes of at least 4 members (excludes halogenated alkanes) is 1. The van der Waals surface area contributed by atoms with E-state index < -0.39 is 17.9 Å². The van der Waals surface area contributed by atoms with Gasteiger partial charge in [-0.1, -0.05) is 36.2 Å². The first-order chi connectivity index (χ1) is 9.61. The van der Waals surface area contributed by atoms with Gasteiger partial charge in [-0.25, -0.2) is 4.79 Å². The Balaban J connectivity index is 2.82. The van der Waals surface area contributed by atoms with Crippen LogP contribution in [0.25, 0.3) is 0 Å². The lowest BCUT2D eigenvalue weighted by Crippen LogP contribution is -2.35. The zero-order valence-corrected chi connectivity index (χ0v) is 11.8. The molecule has 0 aliphatic heterocycles. The van der Waals surface area contributed by atoms with Crippen LogP contribution < -0.4 is 11.5 Å². The average molecular weight is 298 g/mol. The topological polar surface area (TPSA) is 95.4 Å². The van der Waals surface area contributed by atoms with E-state index in [4.69, 9.17) is 27.8 Å². The Hall–Kier alpha value is -1.43. The number of carbonyl (C=O) groups is 1. The molecule has 0 heterocycles. The van der Waals surface area contributed by atoms with Crippen LogP contribution in [0.1, 0.15) is 30.9 Å².